The van der Waals surface area contributed by atoms with E-state index in [-0.39, 0.29) is 11.8 Å². The summed E-state index contributed by atoms with van der Waals surface area (Å²) in [5.74, 6) is 1.86. The van der Waals surface area contributed by atoms with Crippen LogP contribution in [-0.2, 0) is 0 Å². The average Bonchev–Trinajstić information content (AvgIpc) is 3.24. The van der Waals surface area contributed by atoms with Gasteiger partial charge in [0.1, 0.15) is 0 Å². The fourth-order valence-corrected chi connectivity index (χ4v) is 3.78. The highest BCUT2D eigenvalue weighted by molar-refractivity contribution is 5.94. The second kappa shape index (κ2) is 8.19. The number of hydrogen-bond acceptors (Lipinski definition) is 4. The van der Waals surface area contributed by atoms with Crippen LogP contribution in [0.25, 0.3) is 11.4 Å². The van der Waals surface area contributed by atoms with Crippen molar-refractivity contribution in [2.24, 2.45) is 0 Å². The second-order valence-corrected chi connectivity index (χ2v) is 8.19. The molecule has 1 fully saturated rings. The Kier molecular flexibility index (Phi) is 5.47. The monoisotopic (exact) mass is 389 g/mol. The summed E-state index contributed by atoms with van der Waals surface area (Å²) in [6, 6.07) is 16.0. The van der Waals surface area contributed by atoms with Gasteiger partial charge in [0, 0.05) is 24.2 Å². The molecule has 1 atom stereocenters. The minimum atomic E-state index is 0.0683. The van der Waals surface area contributed by atoms with Crippen molar-refractivity contribution in [1.82, 2.24) is 15.0 Å². The maximum Gasteiger partial charge on any atom is 0.253 e. The van der Waals surface area contributed by atoms with Gasteiger partial charge < -0.3 is 9.42 Å². The van der Waals surface area contributed by atoms with E-state index in [1.165, 1.54) is 5.56 Å². The first kappa shape index (κ1) is 19.4. The summed E-state index contributed by atoms with van der Waals surface area (Å²) in [7, 11) is 0. The number of likely N-dealkylation sites (tertiary alicyclic amines) is 1. The summed E-state index contributed by atoms with van der Waals surface area (Å²) in [6.45, 7) is 7.75. The van der Waals surface area contributed by atoms with Crippen LogP contribution < -0.4 is 0 Å². The molecule has 0 bridgehead atoms. The SMILES string of the molecule is Cc1ccc(C(=O)N2CCC[C@H](c3nc(-c4ccc(C(C)C)cc4)no3)C2)cc1. The minimum absolute atomic E-state index is 0.0683. The van der Waals surface area contributed by atoms with Crippen molar-refractivity contribution in [3.05, 3.63) is 71.1 Å². The van der Waals surface area contributed by atoms with E-state index in [1.54, 1.807) is 0 Å². The van der Waals surface area contributed by atoms with E-state index in [4.69, 9.17) is 4.52 Å². The van der Waals surface area contributed by atoms with E-state index < -0.39 is 0 Å². The summed E-state index contributed by atoms with van der Waals surface area (Å²) >= 11 is 0. The summed E-state index contributed by atoms with van der Waals surface area (Å²) in [5.41, 5.74) is 4.12. The summed E-state index contributed by atoms with van der Waals surface area (Å²) in [5, 5.41) is 4.18. The van der Waals surface area contributed by atoms with Gasteiger partial charge in [-0.05, 0) is 43.4 Å². The summed E-state index contributed by atoms with van der Waals surface area (Å²) in [4.78, 5) is 19.4. The molecule has 29 heavy (non-hydrogen) atoms. The maximum atomic E-state index is 12.9. The molecule has 0 unspecified atom stereocenters. The molecule has 0 spiro atoms. The number of hydrogen-bond donors (Lipinski definition) is 0. The van der Waals surface area contributed by atoms with Gasteiger partial charge in [-0.25, -0.2) is 0 Å². The van der Waals surface area contributed by atoms with Crippen molar-refractivity contribution in [2.75, 3.05) is 13.1 Å². The maximum absolute atomic E-state index is 12.9. The number of carbonyl (C=O) groups excluding carboxylic acids is 1. The first-order chi connectivity index (χ1) is 14.0. The lowest BCUT2D eigenvalue weighted by Gasteiger charge is -2.31. The molecule has 0 N–H and O–H groups in total. The van der Waals surface area contributed by atoms with Gasteiger partial charge in [-0.1, -0.05) is 61.0 Å². The highest BCUT2D eigenvalue weighted by Gasteiger charge is 2.29. The highest BCUT2D eigenvalue weighted by atomic mass is 16.5. The van der Waals surface area contributed by atoms with Gasteiger partial charge in [-0.15, -0.1) is 0 Å². The van der Waals surface area contributed by atoms with Crippen LogP contribution >= 0.6 is 0 Å². The molecular formula is C24H27N3O2. The number of piperidine rings is 1. The fraction of sp³-hybridized carbons (Fsp3) is 0.375. The molecule has 150 valence electrons. The van der Waals surface area contributed by atoms with Gasteiger partial charge >= 0.3 is 0 Å². The van der Waals surface area contributed by atoms with Crippen LogP contribution in [0.4, 0.5) is 0 Å². The van der Waals surface area contributed by atoms with Gasteiger partial charge in [-0.3, -0.25) is 4.79 Å². The number of rotatable bonds is 4. The van der Waals surface area contributed by atoms with Crippen LogP contribution in [-0.4, -0.2) is 34.0 Å². The van der Waals surface area contributed by atoms with Crippen LogP contribution in [0.1, 0.15) is 65.9 Å². The van der Waals surface area contributed by atoms with Crippen molar-refractivity contribution in [1.29, 1.82) is 0 Å². The molecule has 1 aliphatic rings. The van der Waals surface area contributed by atoms with Crippen LogP contribution in [0.3, 0.4) is 0 Å². The predicted octanol–water partition coefficient (Wildman–Crippen LogP) is 5.19. The summed E-state index contributed by atoms with van der Waals surface area (Å²) < 4.78 is 5.59. The first-order valence-electron chi connectivity index (χ1n) is 10.3. The van der Waals surface area contributed by atoms with Gasteiger partial charge in [0.2, 0.25) is 11.7 Å². The zero-order chi connectivity index (χ0) is 20.4. The van der Waals surface area contributed by atoms with Gasteiger partial charge in [-0.2, -0.15) is 4.98 Å². The molecule has 1 saturated heterocycles. The Balaban J connectivity index is 1.47. The van der Waals surface area contributed by atoms with Gasteiger partial charge in [0.25, 0.3) is 5.91 Å². The molecule has 2 aromatic carbocycles. The molecule has 5 heteroatoms. The number of aromatic nitrogens is 2. The standard InChI is InChI=1S/C24H27N3O2/c1-16(2)18-10-12-19(13-11-18)22-25-23(29-26-22)21-5-4-14-27(15-21)24(28)20-8-6-17(3)7-9-20/h6-13,16,21H,4-5,14-15H2,1-3H3/t21-/m0/s1. The number of aryl methyl sites for hydroxylation is 1. The Hall–Kier alpha value is -2.95. The Labute approximate surface area is 171 Å². The third kappa shape index (κ3) is 4.24. The lowest BCUT2D eigenvalue weighted by molar-refractivity contribution is 0.0695. The fourth-order valence-electron chi connectivity index (χ4n) is 3.78. The van der Waals surface area contributed by atoms with E-state index in [9.17, 15) is 4.79 Å². The van der Waals surface area contributed by atoms with Crippen molar-refractivity contribution < 1.29 is 9.32 Å². The molecule has 1 aliphatic heterocycles. The number of carbonyl (C=O) groups is 1. The molecule has 4 rings (SSSR count). The molecule has 1 amide bonds. The number of amides is 1. The lowest BCUT2D eigenvalue weighted by atomic mass is 9.97. The quantitative estimate of drug-likeness (QED) is 0.616. The van der Waals surface area contributed by atoms with E-state index in [0.717, 1.165) is 36.1 Å². The molecule has 3 aromatic rings. The normalized spacial score (nSPS) is 17.0. The highest BCUT2D eigenvalue weighted by Crippen LogP contribution is 2.29. The molecule has 1 aromatic heterocycles. The third-order valence-corrected chi connectivity index (χ3v) is 5.63. The van der Waals surface area contributed by atoms with E-state index in [1.807, 2.05) is 48.2 Å². The van der Waals surface area contributed by atoms with Crippen LogP contribution in [0.2, 0.25) is 0 Å². The van der Waals surface area contributed by atoms with E-state index in [2.05, 4.69) is 36.1 Å². The smallest absolute Gasteiger partial charge is 0.253 e. The molecule has 0 radical (unpaired) electrons. The van der Waals surface area contributed by atoms with E-state index >= 15 is 0 Å². The Bertz CT molecular complexity index is 974. The number of benzene rings is 2. The minimum Gasteiger partial charge on any atom is -0.339 e. The Morgan fingerprint density at radius 2 is 1.83 bits per heavy atom. The molecule has 0 aliphatic carbocycles. The molecule has 2 heterocycles. The Morgan fingerprint density at radius 1 is 1.10 bits per heavy atom. The van der Waals surface area contributed by atoms with Crippen LogP contribution in [0.15, 0.2) is 53.1 Å². The van der Waals surface area contributed by atoms with Crippen molar-refractivity contribution in [3.8, 4) is 11.4 Å². The third-order valence-electron chi connectivity index (χ3n) is 5.63. The van der Waals surface area contributed by atoms with Gasteiger partial charge in [0.05, 0.1) is 5.92 Å². The van der Waals surface area contributed by atoms with E-state index in [0.29, 0.717) is 24.2 Å². The topological polar surface area (TPSA) is 59.2 Å². The van der Waals surface area contributed by atoms with Gasteiger partial charge in [0.15, 0.2) is 0 Å². The number of nitrogens with zero attached hydrogens (tertiary/aromatic N) is 3. The molecule has 0 saturated carbocycles. The predicted molar refractivity (Wildman–Crippen MR) is 113 cm³/mol. The molecular weight excluding hydrogens is 362 g/mol. The Morgan fingerprint density at radius 3 is 2.52 bits per heavy atom. The van der Waals surface area contributed by atoms with Crippen LogP contribution in [0.5, 0.6) is 0 Å². The second-order valence-electron chi connectivity index (χ2n) is 8.19. The van der Waals surface area contributed by atoms with Crippen molar-refractivity contribution >= 4 is 5.91 Å². The van der Waals surface area contributed by atoms with Crippen LogP contribution in [0, 0.1) is 6.92 Å². The zero-order valence-electron chi connectivity index (χ0n) is 17.3. The lowest BCUT2D eigenvalue weighted by Crippen LogP contribution is -2.39. The summed E-state index contributed by atoms with van der Waals surface area (Å²) in [6.07, 6.45) is 1.88. The zero-order valence-corrected chi connectivity index (χ0v) is 17.3. The van der Waals surface area contributed by atoms with Crippen molar-refractivity contribution in [3.63, 3.8) is 0 Å². The average molecular weight is 389 g/mol. The largest absolute Gasteiger partial charge is 0.339 e. The first-order valence-corrected chi connectivity index (χ1v) is 10.3. The molecule has 5 nitrogen and oxygen atoms in total. The van der Waals surface area contributed by atoms with Crippen molar-refractivity contribution in [2.45, 2.75) is 45.4 Å².